The van der Waals surface area contributed by atoms with Gasteiger partial charge in [0.1, 0.15) is 18.6 Å². The van der Waals surface area contributed by atoms with Gasteiger partial charge in [-0.2, -0.15) is 0 Å². The number of benzene rings is 2. The summed E-state index contributed by atoms with van der Waals surface area (Å²) >= 11 is 12.1. The molecule has 2 aliphatic heterocycles. The summed E-state index contributed by atoms with van der Waals surface area (Å²) in [4.78, 5) is 19.1. The van der Waals surface area contributed by atoms with Gasteiger partial charge in [0, 0.05) is 43.4 Å². The van der Waals surface area contributed by atoms with Gasteiger partial charge in [-0.05, 0) is 53.8 Å². The second-order valence-corrected chi connectivity index (χ2v) is 10.3. The van der Waals surface area contributed by atoms with Gasteiger partial charge in [0.25, 0.3) is 0 Å². The van der Waals surface area contributed by atoms with Crippen LogP contribution in [0.5, 0.6) is 11.8 Å². The fourth-order valence-electron chi connectivity index (χ4n) is 4.49. The van der Waals surface area contributed by atoms with Gasteiger partial charge in [-0.25, -0.2) is 0 Å². The van der Waals surface area contributed by atoms with E-state index in [2.05, 4.69) is 39.1 Å². The van der Waals surface area contributed by atoms with Crippen LogP contribution < -0.4 is 14.4 Å². The first-order chi connectivity index (χ1) is 17.8. The molecule has 194 valence electrons. The van der Waals surface area contributed by atoms with Gasteiger partial charge in [-0.3, -0.25) is 9.47 Å². The van der Waals surface area contributed by atoms with Gasteiger partial charge < -0.3 is 24.5 Å². The molecule has 2 aromatic carbocycles. The van der Waals surface area contributed by atoms with Crippen molar-refractivity contribution in [3.8, 4) is 11.8 Å². The molecule has 5 rings (SSSR count). The Morgan fingerprint density at radius 1 is 1.14 bits per heavy atom. The summed E-state index contributed by atoms with van der Waals surface area (Å²) in [5, 5.41) is 12.0. The minimum absolute atomic E-state index is 0.214. The fraction of sp³-hybridized carbons (Fsp3) is 0.346. The molecule has 0 aliphatic carbocycles. The van der Waals surface area contributed by atoms with E-state index in [0.717, 1.165) is 49.7 Å². The first kappa shape index (κ1) is 25.4. The van der Waals surface area contributed by atoms with Crippen molar-refractivity contribution in [2.24, 2.45) is 0 Å². The average Bonchev–Trinajstić information content (AvgIpc) is 3.41. The van der Waals surface area contributed by atoms with Gasteiger partial charge >= 0.3 is 11.8 Å². The highest BCUT2D eigenvalue weighted by atomic mass is 35.5. The van der Waals surface area contributed by atoms with Crippen molar-refractivity contribution < 1.29 is 14.4 Å². The van der Waals surface area contributed by atoms with Crippen molar-refractivity contribution in [2.45, 2.75) is 19.1 Å². The zero-order chi connectivity index (χ0) is 26.0. The second kappa shape index (κ2) is 10.6. The van der Waals surface area contributed by atoms with Crippen LogP contribution in [0.4, 0.5) is 11.5 Å². The number of fused-ring (bicyclic) bond motifs is 1. The number of aromatic nitrogens is 2. The molecule has 11 heteroatoms. The Morgan fingerprint density at radius 2 is 1.89 bits per heavy atom. The van der Waals surface area contributed by atoms with E-state index in [-0.39, 0.29) is 11.8 Å². The molecule has 0 radical (unpaired) electrons. The van der Waals surface area contributed by atoms with Crippen molar-refractivity contribution in [3.05, 3.63) is 80.5 Å². The molecule has 1 atom stereocenters. The van der Waals surface area contributed by atoms with Crippen LogP contribution in [-0.2, 0) is 6.54 Å². The molecular weight excluding hydrogens is 517 g/mol. The second-order valence-electron chi connectivity index (χ2n) is 9.46. The van der Waals surface area contributed by atoms with Crippen molar-refractivity contribution in [1.82, 2.24) is 14.5 Å². The quantitative estimate of drug-likeness (QED) is 0.286. The lowest BCUT2D eigenvalue weighted by Crippen LogP contribution is -2.46. The molecule has 37 heavy (non-hydrogen) atoms. The Kier molecular flexibility index (Phi) is 7.28. The molecule has 1 fully saturated rings. The highest BCUT2D eigenvalue weighted by molar-refractivity contribution is 6.42. The third-order valence-corrected chi connectivity index (χ3v) is 7.23. The zero-order valence-electron chi connectivity index (χ0n) is 20.3. The number of rotatable bonds is 8. The van der Waals surface area contributed by atoms with Crippen LogP contribution in [0, 0.1) is 10.1 Å². The van der Waals surface area contributed by atoms with E-state index in [1.54, 1.807) is 4.57 Å². The summed E-state index contributed by atoms with van der Waals surface area (Å²) < 4.78 is 13.5. The van der Waals surface area contributed by atoms with Crippen LogP contribution in [0.2, 0.25) is 10.0 Å². The van der Waals surface area contributed by atoms with E-state index < -0.39 is 10.5 Å². The molecule has 3 aromatic rings. The Morgan fingerprint density at radius 3 is 2.57 bits per heavy atom. The Labute approximate surface area is 225 Å². The molecule has 2 aliphatic rings. The molecule has 1 saturated heterocycles. The lowest BCUT2D eigenvalue weighted by atomic mass is 10.1. The minimum Gasteiger partial charge on any atom is -0.489 e. The maximum Gasteiger partial charge on any atom is 0.415 e. The van der Waals surface area contributed by atoms with Crippen LogP contribution in [0.25, 0.3) is 6.08 Å². The third-order valence-electron chi connectivity index (χ3n) is 6.49. The predicted octanol–water partition coefficient (Wildman–Crippen LogP) is 5.16. The Hall–Kier alpha value is -3.27. The monoisotopic (exact) mass is 543 g/mol. The zero-order valence-corrected chi connectivity index (χ0v) is 21.9. The molecule has 0 amide bonds. The summed E-state index contributed by atoms with van der Waals surface area (Å²) in [6.45, 7) is 7.38. The maximum atomic E-state index is 10.9. The number of hydrogen-bond acceptors (Lipinski definition) is 7. The summed E-state index contributed by atoms with van der Waals surface area (Å²) in [5.74, 6) is 0.532. The van der Waals surface area contributed by atoms with E-state index in [1.807, 2.05) is 37.3 Å². The Balaban J connectivity index is 1.07. The fourth-order valence-corrected chi connectivity index (χ4v) is 4.79. The maximum absolute atomic E-state index is 10.9. The topological polar surface area (TPSA) is 85.9 Å². The number of nitro groups is 1. The molecule has 0 bridgehead atoms. The van der Waals surface area contributed by atoms with E-state index in [4.69, 9.17) is 32.7 Å². The SMILES string of the molecule is CC1(COc2ccc(N3CCN(CC=Cc4ccc(Cl)c(Cl)c4)CC3)cc2)Cn2cc([N+](=O)[O-])nc2O1. The normalized spacial score (nSPS) is 19.7. The highest BCUT2D eigenvalue weighted by Gasteiger charge is 2.41. The number of imidazole rings is 1. The van der Waals surface area contributed by atoms with Gasteiger partial charge in [0.05, 0.1) is 16.6 Å². The number of nitrogens with zero attached hydrogens (tertiary/aromatic N) is 5. The lowest BCUT2D eigenvalue weighted by molar-refractivity contribution is -0.389. The molecule has 9 nitrogen and oxygen atoms in total. The molecule has 0 saturated carbocycles. The van der Waals surface area contributed by atoms with Crippen molar-refractivity contribution in [2.75, 3.05) is 44.2 Å². The average molecular weight is 544 g/mol. The van der Waals surface area contributed by atoms with Crippen LogP contribution in [0.3, 0.4) is 0 Å². The largest absolute Gasteiger partial charge is 0.489 e. The van der Waals surface area contributed by atoms with E-state index in [1.165, 1.54) is 6.20 Å². The Bertz CT molecular complexity index is 1280. The smallest absolute Gasteiger partial charge is 0.415 e. The molecule has 1 unspecified atom stereocenters. The standard InChI is InChI=1S/C26H27Cl2N5O4/c1-26(17-32-16-24(33(34)35)29-25(32)37-26)18-36-21-7-5-20(6-8-21)31-13-11-30(12-14-31)10-2-3-19-4-9-22(27)23(28)15-19/h2-9,15-16H,10-14,17-18H2,1H3. The molecule has 1 aromatic heterocycles. The predicted molar refractivity (Wildman–Crippen MR) is 144 cm³/mol. The van der Waals surface area contributed by atoms with Gasteiger partial charge in [-0.1, -0.05) is 41.4 Å². The number of piperazine rings is 1. The third kappa shape index (κ3) is 6.01. The molecule has 3 heterocycles. The van der Waals surface area contributed by atoms with Gasteiger partial charge in [0.2, 0.25) is 0 Å². The summed E-state index contributed by atoms with van der Waals surface area (Å²) in [5.41, 5.74) is 1.56. The minimum atomic E-state index is -0.638. The van der Waals surface area contributed by atoms with Crippen molar-refractivity contribution in [1.29, 1.82) is 0 Å². The van der Waals surface area contributed by atoms with E-state index in [9.17, 15) is 10.1 Å². The van der Waals surface area contributed by atoms with Crippen LogP contribution in [-0.4, -0.2) is 64.3 Å². The summed E-state index contributed by atoms with van der Waals surface area (Å²) in [6, 6.07) is 14.0. The van der Waals surface area contributed by atoms with E-state index >= 15 is 0 Å². The number of anilines is 1. The molecular formula is C26H27Cl2N5O4. The first-order valence-electron chi connectivity index (χ1n) is 12.0. The molecule has 0 spiro atoms. The summed E-state index contributed by atoms with van der Waals surface area (Å²) in [6.07, 6.45) is 5.62. The van der Waals surface area contributed by atoms with Crippen LogP contribution >= 0.6 is 23.2 Å². The van der Waals surface area contributed by atoms with Crippen molar-refractivity contribution >= 4 is 40.8 Å². The highest BCUT2D eigenvalue weighted by Crippen LogP contribution is 2.32. The van der Waals surface area contributed by atoms with Gasteiger partial charge in [0.15, 0.2) is 5.60 Å². The first-order valence-corrected chi connectivity index (χ1v) is 12.8. The lowest BCUT2D eigenvalue weighted by Gasteiger charge is -2.35. The number of halogens is 2. The van der Waals surface area contributed by atoms with Crippen LogP contribution in [0.15, 0.2) is 54.7 Å². The summed E-state index contributed by atoms with van der Waals surface area (Å²) in [7, 11) is 0. The number of hydrogen-bond donors (Lipinski definition) is 0. The molecule has 0 N–H and O–H groups in total. The van der Waals surface area contributed by atoms with Gasteiger partial charge in [-0.15, -0.1) is 0 Å². The number of ether oxygens (including phenoxy) is 2. The van der Waals surface area contributed by atoms with Crippen LogP contribution in [0.1, 0.15) is 12.5 Å². The van der Waals surface area contributed by atoms with E-state index in [0.29, 0.717) is 23.2 Å². The van der Waals surface area contributed by atoms with Crippen molar-refractivity contribution in [3.63, 3.8) is 0 Å².